The molecule has 0 fully saturated rings. The summed E-state index contributed by atoms with van der Waals surface area (Å²) in [7, 11) is 0. The number of esters is 2. The van der Waals surface area contributed by atoms with Crippen molar-refractivity contribution in [3.05, 3.63) is 108 Å². The van der Waals surface area contributed by atoms with Crippen LogP contribution in [0.3, 0.4) is 0 Å². The Labute approximate surface area is 259 Å². The monoisotopic (exact) mass is 602 g/mol. The average Bonchev–Trinajstić information content (AvgIpc) is 3.00. The van der Waals surface area contributed by atoms with Gasteiger partial charge in [0.25, 0.3) is 0 Å². The van der Waals surface area contributed by atoms with Crippen molar-refractivity contribution in [2.45, 2.75) is 71.0 Å². The van der Waals surface area contributed by atoms with E-state index in [0.29, 0.717) is 16.7 Å². The van der Waals surface area contributed by atoms with Crippen molar-refractivity contribution in [2.24, 2.45) is 0 Å². The van der Waals surface area contributed by atoms with Crippen molar-refractivity contribution in [1.82, 2.24) is 0 Å². The van der Waals surface area contributed by atoms with Gasteiger partial charge >= 0.3 is 11.9 Å². The lowest BCUT2D eigenvalue weighted by Crippen LogP contribution is -2.29. The van der Waals surface area contributed by atoms with Crippen LogP contribution in [0.1, 0.15) is 64.0 Å². The Kier molecular flexibility index (Phi) is 12.2. The molecule has 2 atom stereocenters. The summed E-state index contributed by atoms with van der Waals surface area (Å²) in [5, 5.41) is 19.7. The molecule has 0 spiro atoms. The average molecular weight is 603 g/mol. The summed E-state index contributed by atoms with van der Waals surface area (Å²) >= 11 is 0. The van der Waals surface area contributed by atoms with Gasteiger partial charge in [0.05, 0.1) is 28.8 Å². The van der Waals surface area contributed by atoms with Crippen LogP contribution >= 0.6 is 0 Å². The molecule has 3 aromatic carbocycles. The van der Waals surface area contributed by atoms with Crippen molar-refractivity contribution < 1.29 is 33.7 Å². The summed E-state index contributed by atoms with van der Waals surface area (Å²) in [6, 6.07) is 20.4. The van der Waals surface area contributed by atoms with Gasteiger partial charge in [-0.2, -0.15) is 0 Å². The Hall–Kier alpha value is -4.07. The highest BCUT2D eigenvalue weighted by Crippen LogP contribution is 2.30. The zero-order valence-corrected chi connectivity index (χ0v) is 26.1. The zero-order valence-electron chi connectivity index (χ0n) is 26.1. The van der Waals surface area contributed by atoms with Crippen molar-refractivity contribution in [1.29, 1.82) is 0 Å². The zero-order chi connectivity index (χ0) is 32.4. The summed E-state index contributed by atoms with van der Waals surface area (Å²) in [6.45, 7) is 13.2. The van der Waals surface area contributed by atoms with E-state index in [-0.39, 0.29) is 30.2 Å². The van der Waals surface area contributed by atoms with Crippen LogP contribution in [0.15, 0.2) is 91.0 Å². The molecule has 0 aliphatic rings. The molecule has 0 radical (unpaired) electrons. The quantitative estimate of drug-likeness (QED) is 0.108. The van der Waals surface area contributed by atoms with E-state index in [1.807, 2.05) is 18.2 Å². The van der Waals surface area contributed by atoms with Gasteiger partial charge in [-0.3, -0.25) is 0 Å². The van der Waals surface area contributed by atoms with Crippen LogP contribution in [-0.4, -0.2) is 47.1 Å². The Bertz CT molecular complexity index is 1450. The van der Waals surface area contributed by atoms with Gasteiger partial charge in [0.15, 0.2) is 0 Å². The molecule has 234 valence electrons. The fourth-order valence-corrected chi connectivity index (χ4v) is 4.50. The number of unbranched alkanes of at least 4 members (excludes halogenated alkanes) is 2. The lowest BCUT2D eigenvalue weighted by Gasteiger charge is -2.22. The number of carbonyl (C=O) groups is 2. The predicted molar refractivity (Wildman–Crippen MR) is 171 cm³/mol. The molecule has 0 aliphatic carbocycles. The van der Waals surface area contributed by atoms with Crippen LogP contribution in [0.4, 0.5) is 4.39 Å². The lowest BCUT2D eigenvalue weighted by atomic mass is 9.95. The van der Waals surface area contributed by atoms with Crippen LogP contribution in [-0.2, 0) is 25.5 Å². The number of aryl methyl sites for hydroxylation is 1. The van der Waals surface area contributed by atoms with E-state index in [2.05, 4.69) is 32.2 Å². The maximum atomic E-state index is 15.3. The Balaban J connectivity index is 1.77. The molecule has 0 heterocycles. The number of aliphatic hydroxyl groups is 2. The number of hydrogen-bond donors (Lipinski definition) is 2. The molecule has 3 aromatic rings. The third kappa shape index (κ3) is 9.46. The van der Waals surface area contributed by atoms with E-state index in [1.54, 1.807) is 30.3 Å². The molecule has 0 bridgehead atoms. The number of rotatable bonds is 15. The molecule has 44 heavy (non-hydrogen) atoms. The van der Waals surface area contributed by atoms with Crippen molar-refractivity contribution in [2.75, 3.05) is 13.2 Å². The van der Waals surface area contributed by atoms with Gasteiger partial charge in [0, 0.05) is 5.56 Å². The number of ether oxygens (including phenoxy) is 2. The van der Waals surface area contributed by atoms with Gasteiger partial charge in [-0.1, -0.05) is 93.6 Å². The van der Waals surface area contributed by atoms with Gasteiger partial charge in [-0.25, -0.2) is 14.0 Å². The first-order valence-electron chi connectivity index (χ1n) is 14.9. The molecule has 0 saturated carbocycles. The summed E-state index contributed by atoms with van der Waals surface area (Å²) < 4.78 is 26.1. The third-order valence-electron chi connectivity index (χ3n) is 7.60. The summed E-state index contributed by atoms with van der Waals surface area (Å²) in [6.07, 6.45) is 3.50. The SMILES string of the molecule is C=C(C(=O)OCC(COC(=O)C(=C)C(C)(C)O)c1ccc(-c2ccc(-c3ccc(CCCCC)cc3)cc2F)cc1)C(C)O. The number of hydrogen-bond acceptors (Lipinski definition) is 6. The summed E-state index contributed by atoms with van der Waals surface area (Å²) in [4.78, 5) is 24.8. The normalized spacial score (nSPS) is 12.7. The second-order valence-electron chi connectivity index (χ2n) is 11.6. The fourth-order valence-electron chi connectivity index (χ4n) is 4.50. The number of benzene rings is 3. The second-order valence-corrected chi connectivity index (χ2v) is 11.6. The number of halogens is 1. The first kappa shape index (κ1) is 34.4. The first-order chi connectivity index (χ1) is 20.8. The molecule has 7 heteroatoms. The minimum absolute atomic E-state index is 0.103. The molecular weight excluding hydrogens is 559 g/mol. The largest absolute Gasteiger partial charge is 0.461 e. The molecule has 0 saturated heterocycles. The highest BCUT2D eigenvalue weighted by molar-refractivity contribution is 5.90. The maximum Gasteiger partial charge on any atom is 0.336 e. The predicted octanol–water partition coefficient (Wildman–Crippen LogP) is 7.33. The van der Waals surface area contributed by atoms with Crippen LogP contribution in [0.25, 0.3) is 22.3 Å². The maximum absolute atomic E-state index is 15.3. The minimum atomic E-state index is -1.47. The third-order valence-corrected chi connectivity index (χ3v) is 7.60. The minimum Gasteiger partial charge on any atom is -0.461 e. The molecule has 0 aromatic heterocycles. The van der Waals surface area contributed by atoms with Crippen molar-refractivity contribution in [3.8, 4) is 22.3 Å². The van der Waals surface area contributed by atoms with E-state index in [4.69, 9.17) is 9.47 Å². The molecule has 2 unspecified atom stereocenters. The molecule has 0 amide bonds. The van der Waals surface area contributed by atoms with E-state index >= 15 is 4.39 Å². The van der Waals surface area contributed by atoms with Crippen molar-refractivity contribution in [3.63, 3.8) is 0 Å². The van der Waals surface area contributed by atoms with Gasteiger partial charge in [0.1, 0.15) is 19.0 Å². The molecule has 2 N–H and O–H groups in total. The highest BCUT2D eigenvalue weighted by Gasteiger charge is 2.27. The Morgan fingerprint density at radius 2 is 1.43 bits per heavy atom. The second kappa shape index (κ2) is 15.6. The van der Waals surface area contributed by atoms with Gasteiger partial charge in [0.2, 0.25) is 0 Å². The molecule has 3 rings (SSSR count). The Morgan fingerprint density at radius 1 is 0.864 bits per heavy atom. The van der Waals surface area contributed by atoms with Crippen LogP contribution < -0.4 is 0 Å². The van der Waals surface area contributed by atoms with Crippen LogP contribution in [0.5, 0.6) is 0 Å². The van der Waals surface area contributed by atoms with E-state index in [1.165, 1.54) is 45.2 Å². The number of aliphatic hydroxyl groups excluding tert-OH is 1. The lowest BCUT2D eigenvalue weighted by molar-refractivity contribution is -0.144. The first-order valence-corrected chi connectivity index (χ1v) is 14.9. The van der Waals surface area contributed by atoms with Crippen LogP contribution in [0, 0.1) is 5.82 Å². The topological polar surface area (TPSA) is 93.1 Å². The van der Waals surface area contributed by atoms with Gasteiger partial charge in [-0.05, 0) is 67.5 Å². The van der Waals surface area contributed by atoms with E-state index in [0.717, 1.165) is 24.0 Å². The molecule has 0 aliphatic heterocycles. The van der Waals surface area contributed by atoms with Gasteiger partial charge < -0.3 is 19.7 Å². The number of carbonyl (C=O) groups excluding carboxylic acids is 2. The fraction of sp³-hybridized carbons (Fsp3) is 0.351. The van der Waals surface area contributed by atoms with Gasteiger partial charge in [-0.15, -0.1) is 0 Å². The van der Waals surface area contributed by atoms with E-state index < -0.39 is 29.6 Å². The standard InChI is InChI=1S/C37H43FO6/c1-7-8-9-10-27-11-13-28(14-12-27)31-19-20-33(34(38)21-31)30-17-15-29(16-18-30)32(22-43-35(40)24(2)26(4)39)23-44-36(41)25(3)37(5,6)42/h11-21,26,32,39,42H,2-3,7-10,22-23H2,1,4-6H3. The van der Waals surface area contributed by atoms with Crippen LogP contribution in [0.2, 0.25) is 0 Å². The van der Waals surface area contributed by atoms with E-state index in [9.17, 15) is 19.8 Å². The summed E-state index contributed by atoms with van der Waals surface area (Å²) in [5.74, 6) is -2.51. The smallest absolute Gasteiger partial charge is 0.336 e. The Morgan fingerprint density at radius 3 is 1.98 bits per heavy atom. The summed E-state index contributed by atoms with van der Waals surface area (Å²) in [5.41, 5.74) is 3.07. The van der Waals surface area contributed by atoms with Crippen molar-refractivity contribution >= 4 is 11.9 Å². The molecule has 6 nitrogen and oxygen atoms in total. The highest BCUT2D eigenvalue weighted by atomic mass is 19.1. The molecular formula is C37H43FO6.